The van der Waals surface area contributed by atoms with Crippen molar-refractivity contribution in [1.82, 2.24) is 0 Å². The highest BCUT2D eigenvalue weighted by molar-refractivity contribution is 6.14. The number of benzene rings is 3. The summed E-state index contributed by atoms with van der Waals surface area (Å²) in [5, 5.41) is 4.40. The van der Waals surface area contributed by atoms with Gasteiger partial charge in [0.05, 0.1) is 6.61 Å². The molecule has 38 heavy (non-hydrogen) atoms. The van der Waals surface area contributed by atoms with Crippen LogP contribution in [0.4, 0.5) is 0 Å². The molecule has 2 heterocycles. The number of hydrogen-bond donors (Lipinski definition) is 0. The lowest BCUT2D eigenvalue weighted by molar-refractivity contribution is 0.127. The molecular weight excluding hydrogens is 472 g/mol. The van der Waals surface area contributed by atoms with Crippen LogP contribution in [0.2, 0.25) is 0 Å². The number of fused-ring (bicyclic) bond motifs is 6. The van der Waals surface area contributed by atoms with Crippen LogP contribution < -0.4 is 4.74 Å². The molecule has 0 unspecified atom stereocenters. The SMILES string of the molecule is CCCCCCCCOc1ccc2oc3cc4c(cc3c2c1)oc1ccc(CCCCOCCCC)cc14. The molecule has 0 atom stereocenters. The Balaban J connectivity index is 1.28. The van der Waals surface area contributed by atoms with E-state index in [1.54, 1.807) is 0 Å². The van der Waals surface area contributed by atoms with E-state index in [-0.39, 0.29) is 0 Å². The first kappa shape index (κ1) is 26.6. The Labute approximate surface area is 226 Å². The second-order valence-electron chi connectivity index (χ2n) is 10.6. The summed E-state index contributed by atoms with van der Waals surface area (Å²) < 4.78 is 24.3. The molecule has 4 heteroatoms. The zero-order valence-corrected chi connectivity index (χ0v) is 23.2. The summed E-state index contributed by atoms with van der Waals surface area (Å²) in [4.78, 5) is 0. The van der Waals surface area contributed by atoms with E-state index in [2.05, 4.69) is 50.2 Å². The van der Waals surface area contributed by atoms with E-state index in [0.29, 0.717) is 0 Å². The molecule has 0 amide bonds. The van der Waals surface area contributed by atoms with Gasteiger partial charge in [-0.15, -0.1) is 0 Å². The van der Waals surface area contributed by atoms with Gasteiger partial charge in [0, 0.05) is 34.8 Å². The fourth-order valence-electron chi connectivity index (χ4n) is 5.27. The summed E-state index contributed by atoms with van der Waals surface area (Å²) in [7, 11) is 0. The molecule has 0 N–H and O–H groups in total. The van der Waals surface area contributed by atoms with Gasteiger partial charge in [0.2, 0.25) is 0 Å². The van der Waals surface area contributed by atoms with Gasteiger partial charge in [0.25, 0.3) is 0 Å². The maximum absolute atomic E-state index is 6.27. The van der Waals surface area contributed by atoms with Crippen molar-refractivity contribution in [2.75, 3.05) is 19.8 Å². The number of furan rings is 2. The minimum absolute atomic E-state index is 0.759. The van der Waals surface area contributed by atoms with Crippen molar-refractivity contribution in [2.45, 2.75) is 84.5 Å². The summed E-state index contributed by atoms with van der Waals surface area (Å²) in [5.41, 5.74) is 4.93. The summed E-state index contributed by atoms with van der Waals surface area (Å²) in [5.74, 6) is 0.902. The van der Waals surface area contributed by atoms with Crippen molar-refractivity contribution >= 4 is 43.9 Å². The predicted octanol–water partition coefficient (Wildman–Crippen LogP) is 10.4. The smallest absolute Gasteiger partial charge is 0.136 e. The maximum atomic E-state index is 6.27. The van der Waals surface area contributed by atoms with Crippen LogP contribution in [0, 0.1) is 0 Å². The first-order valence-corrected chi connectivity index (χ1v) is 14.8. The third-order valence-electron chi connectivity index (χ3n) is 7.51. The average molecular weight is 515 g/mol. The van der Waals surface area contributed by atoms with Gasteiger partial charge in [-0.25, -0.2) is 0 Å². The lowest BCUT2D eigenvalue weighted by Gasteiger charge is -2.06. The summed E-state index contributed by atoms with van der Waals surface area (Å²) in [6.45, 7) is 6.94. The van der Waals surface area contributed by atoms with Crippen molar-refractivity contribution in [1.29, 1.82) is 0 Å². The average Bonchev–Trinajstić information content (AvgIpc) is 3.47. The molecule has 0 radical (unpaired) electrons. The van der Waals surface area contributed by atoms with Crippen molar-refractivity contribution in [3.8, 4) is 5.75 Å². The molecule has 0 saturated carbocycles. The van der Waals surface area contributed by atoms with Crippen LogP contribution in [-0.2, 0) is 11.2 Å². The Morgan fingerprint density at radius 2 is 1.13 bits per heavy atom. The van der Waals surface area contributed by atoms with Crippen LogP contribution in [0.25, 0.3) is 43.9 Å². The van der Waals surface area contributed by atoms with Crippen molar-refractivity contribution < 1.29 is 18.3 Å². The Morgan fingerprint density at radius 3 is 1.89 bits per heavy atom. The lowest BCUT2D eigenvalue weighted by Crippen LogP contribution is -1.97. The van der Waals surface area contributed by atoms with Gasteiger partial charge < -0.3 is 18.3 Å². The molecule has 5 aromatic rings. The fourth-order valence-corrected chi connectivity index (χ4v) is 5.27. The van der Waals surface area contributed by atoms with E-state index in [0.717, 1.165) is 102 Å². The van der Waals surface area contributed by atoms with E-state index < -0.39 is 0 Å². The monoisotopic (exact) mass is 514 g/mol. The molecule has 202 valence electrons. The van der Waals surface area contributed by atoms with Gasteiger partial charge in [-0.2, -0.15) is 0 Å². The van der Waals surface area contributed by atoms with Crippen LogP contribution in [0.3, 0.4) is 0 Å². The summed E-state index contributed by atoms with van der Waals surface area (Å²) >= 11 is 0. The third kappa shape index (κ3) is 6.35. The zero-order chi connectivity index (χ0) is 26.2. The van der Waals surface area contributed by atoms with E-state index in [1.165, 1.54) is 44.1 Å². The minimum Gasteiger partial charge on any atom is -0.494 e. The number of hydrogen-bond acceptors (Lipinski definition) is 4. The van der Waals surface area contributed by atoms with Crippen LogP contribution in [0.1, 0.15) is 83.6 Å². The van der Waals surface area contributed by atoms with Gasteiger partial charge in [0.15, 0.2) is 0 Å². The number of ether oxygens (including phenoxy) is 2. The van der Waals surface area contributed by atoms with E-state index in [1.807, 2.05) is 12.1 Å². The first-order chi connectivity index (χ1) is 18.8. The molecule has 0 aliphatic rings. The normalized spacial score (nSPS) is 11.9. The quantitative estimate of drug-likeness (QED) is 0.123. The highest BCUT2D eigenvalue weighted by Gasteiger charge is 2.14. The standard InChI is InChI=1S/C34H42O4/c1-3-5-7-8-9-11-20-36-26-15-17-32-28(22-26)30-24-33-29(23-34(30)38-32)27-21-25(14-16-31(27)37-33)13-10-12-19-35-18-6-4-2/h14-17,21-24H,3-13,18-20H2,1-2H3. The van der Waals surface area contributed by atoms with Gasteiger partial charge in [-0.1, -0.05) is 58.4 Å². The Morgan fingerprint density at radius 1 is 0.526 bits per heavy atom. The topological polar surface area (TPSA) is 44.7 Å². The molecule has 0 bridgehead atoms. The number of rotatable bonds is 16. The summed E-state index contributed by atoms with van der Waals surface area (Å²) in [6, 6.07) is 17.0. The highest BCUT2D eigenvalue weighted by atomic mass is 16.5. The van der Waals surface area contributed by atoms with Crippen LogP contribution in [0.15, 0.2) is 57.4 Å². The van der Waals surface area contributed by atoms with Crippen molar-refractivity contribution in [3.05, 3.63) is 54.1 Å². The number of aryl methyl sites for hydroxylation is 1. The van der Waals surface area contributed by atoms with E-state index in [9.17, 15) is 0 Å². The van der Waals surface area contributed by atoms with Gasteiger partial charge in [-0.05, 0) is 80.1 Å². The third-order valence-corrected chi connectivity index (χ3v) is 7.51. The fraction of sp³-hybridized carbons (Fsp3) is 0.471. The van der Waals surface area contributed by atoms with Crippen molar-refractivity contribution in [3.63, 3.8) is 0 Å². The van der Waals surface area contributed by atoms with Crippen molar-refractivity contribution in [2.24, 2.45) is 0 Å². The molecule has 0 aliphatic heterocycles. The molecule has 2 aromatic heterocycles. The molecule has 0 spiro atoms. The minimum atomic E-state index is 0.759. The zero-order valence-electron chi connectivity index (χ0n) is 23.2. The Kier molecular flexibility index (Phi) is 9.24. The molecule has 3 aromatic carbocycles. The molecular formula is C34H42O4. The molecule has 4 nitrogen and oxygen atoms in total. The van der Waals surface area contributed by atoms with E-state index >= 15 is 0 Å². The summed E-state index contributed by atoms with van der Waals surface area (Å²) in [6.07, 6.45) is 13.2. The van der Waals surface area contributed by atoms with Gasteiger partial charge >= 0.3 is 0 Å². The van der Waals surface area contributed by atoms with Crippen LogP contribution in [0.5, 0.6) is 5.75 Å². The van der Waals surface area contributed by atoms with Gasteiger partial charge in [0.1, 0.15) is 28.1 Å². The van der Waals surface area contributed by atoms with Crippen LogP contribution in [-0.4, -0.2) is 19.8 Å². The van der Waals surface area contributed by atoms with Crippen LogP contribution >= 0.6 is 0 Å². The highest BCUT2D eigenvalue weighted by Crippen LogP contribution is 2.38. The Hall–Kier alpha value is -2.98. The largest absolute Gasteiger partial charge is 0.494 e. The lowest BCUT2D eigenvalue weighted by atomic mass is 10.0. The predicted molar refractivity (Wildman–Crippen MR) is 159 cm³/mol. The second-order valence-corrected chi connectivity index (χ2v) is 10.6. The molecule has 5 rings (SSSR count). The van der Waals surface area contributed by atoms with Gasteiger partial charge in [-0.3, -0.25) is 0 Å². The maximum Gasteiger partial charge on any atom is 0.136 e. The molecule has 0 fully saturated rings. The number of unbranched alkanes of at least 4 members (excludes halogenated alkanes) is 7. The van der Waals surface area contributed by atoms with E-state index in [4.69, 9.17) is 18.3 Å². The Bertz CT molecular complexity index is 1350. The molecule has 0 saturated heterocycles. The first-order valence-electron chi connectivity index (χ1n) is 14.8. The molecule has 0 aliphatic carbocycles. The second kappa shape index (κ2) is 13.2.